The Hall–Kier alpha value is -2.36. The second-order valence-electron chi connectivity index (χ2n) is 9.44. The summed E-state index contributed by atoms with van der Waals surface area (Å²) in [7, 11) is 0. The molecule has 0 aromatic heterocycles. The Balaban J connectivity index is 1.93. The molecular weight excluding hydrogens is 336 g/mol. The Bertz CT molecular complexity index is 849. The van der Waals surface area contributed by atoms with Gasteiger partial charge in [0.1, 0.15) is 0 Å². The fourth-order valence-corrected chi connectivity index (χ4v) is 4.59. The molecule has 0 saturated heterocycles. The molecule has 4 rings (SSSR count). The lowest BCUT2D eigenvalue weighted by molar-refractivity contribution is -0.125. The Morgan fingerprint density at radius 2 is 1.30 bits per heavy atom. The number of carbonyl (C=O) groups excluding carboxylic acids is 2. The summed E-state index contributed by atoms with van der Waals surface area (Å²) in [6.45, 7) is 8.04. The number of rotatable bonds is 1. The third-order valence-electron chi connectivity index (χ3n) is 6.52. The van der Waals surface area contributed by atoms with Crippen LogP contribution in [-0.4, -0.2) is 11.6 Å². The third kappa shape index (κ3) is 2.73. The second kappa shape index (κ2) is 5.82. The number of nitrogens with two attached hydrogens (primary N) is 1. The standard InChI is InChI=1S/C23H28N2O2/c1-22(2)11-9-15-18(20(22)26)17(13-5-7-14(24)8-6-13)19-16(25-15)10-12-23(3,4)21(19)27/h5-8,17,25H,9-12,24H2,1-4H3. The van der Waals surface area contributed by atoms with E-state index in [-0.39, 0.29) is 17.5 Å². The fraction of sp³-hybridized carbons (Fsp3) is 0.478. The lowest BCUT2D eigenvalue weighted by atomic mass is 9.62. The molecule has 1 aromatic rings. The van der Waals surface area contributed by atoms with Crippen molar-refractivity contribution in [2.45, 2.75) is 59.3 Å². The summed E-state index contributed by atoms with van der Waals surface area (Å²) in [5, 5.41) is 3.50. The van der Waals surface area contributed by atoms with Gasteiger partial charge in [-0.15, -0.1) is 0 Å². The molecule has 2 aliphatic carbocycles. The van der Waals surface area contributed by atoms with Gasteiger partial charge in [0.15, 0.2) is 11.6 Å². The van der Waals surface area contributed by atoms with E-state index in [1.165, 1.54) is 0 Å². The predicted octanol–water partition coefficient (Wildman–Crippen LogP) is 4.24. The zero-order chi connectivity index (χ0) is 19.6. The molecular formula is C23H28N2O2. The van der Waals surface area contributed by atoms with Crippen LogP contribution < -0.4 is 11.1 Å². The molecule has 4 heteroatoms. The maximum Gasteiger partial charge on any atom is 0.167 e. The average molecular weight is 364 g/mol. The second-order valence-corrected chi connectivity index (χ2v) is 9.44. The number of nitrogens with one attached hydrogen (secondary N) is 1. The van der Waals surface area contributed by atoms with Gasteiger partial charge in [0.05, 0.1) is 0 Å². The minimum Gasteiger partial charge on any atom is -0.399 e. The van der Waals surface area contributed by atoms with Crippen LogP contribution in [0.15, 0.2) is 46.8 Å². The number of anilines is 1. The predicted molar refractivity (Wildman–Crippen MR) is 107 cm³/mol. The third-order valence-corrected chi connectivity index (χ3v) is 6.52. The number of benzene rings is 1. The van der Waals surface area contributed by atoms with Gasteiger partial charge < -0.3 is 11.1 Å². The zero-order valence-corrected chi connectivity index (χ0v) is 16.6. The molecule has 4 nitrogen and oxygen atoms in total. The van der Waals surface area contributed by atoms with Crippen molar-refractivity contribution >= 4 is 17.3 Å². The number of nitrogen functional groups attached to an aromatic ring is 1. The maximum atomic E-state index is 13.4. The molecule has 1 aliphatic heterocycles. The first-order chi connectivity index (χ1) is 12.6. The molecule has 0 unspecified atom stereocenters. The lowest BCUT2D eigenvalue weighted by Crippen LogP contribution is -2.44. The summed E-state index contributed by atoms with van der Waals surface area (Å²) in [6.07, 6.45) is 3.34. The summed E-state index contributed by atoms with van der Waals surface area (Å²) in [5.41, 5.74) is 10.3. The first-order valence-electron chi connectivity index (χ1n) is 9.80. The summed E-state index contributed by atoms with van der Waals surface area (Å²) in [4.78, 5) is 26.8. The lowest BCUT2D eigenvalue weighted by Gasteiger charge is -2.44. The van der Waals surface area contributed by atoms with E-state index in [4.69, 9.17) is 5.73 Å². The van der Waals surface area contributed by atoms with Crippen LogP contribution in [0, 0.1) is 10.8 Å². The van der Waals surface area contributed by atoms with Crippen molar-refractivity contribution in [1.29, 1.82) is 0 Å². The monoisotopic (exact) mass is 364 g/mol. The van der Waals surface area contributed by atoms with Gasteiger partial charge >= 0.3 is 0 Å². The van der Waals surface area contributed by atoms with Crippen molar-refractivity contribution < 1.29 is 9.59 Å². The molecule has 27 heavy (non-hydrogen) atoms. The van der Waals surface area contributed by atoms with Gasteiger partial charge in [-0.05, 0) is 43.4 Å². The number of ketones is 2. The summed E-state index contributed by atoms with van der Waals surface area (Å²) in [5.74, 6) is 0.0117. The Labute approximate surface area is 160 Å². The Morgan fingerprint density at radius 3 is 1.74 bits per heavy atom. The molecule has 0 saturated carbocycles. The van der Waals surface area contributed by atoms with E-state index in [1.807, 2.05) is 52.0 Å². The van der Waals surface area contributed by atoms with Gasteiger partial charge in [-0.2, -0.15) is 0 Å². The first kappa shape index (κ1) is 18.0. The molecule has 0 atom stereocenters. The number of dihydropyridines is 1. The van der Waals surface area contributed by atoms with Crippen LogP contribution in [0.1, 0.15) is 64.9 Å². The summed E-state index contributed by atoms with van der Waals surface area (Å²) < 4.78 is 0. The highest BCUT2D eigenvalue weighted by atomic mass is 16.1. The van der Waals surface area contributed by atoms with E-state index in [0.29, 0.717) is 5.69 Å². The van der Waals surface area contributed by atoms with Crippen LogP contribution in [0.5, 0.6) is 0 Å². The van der Waals surface area contributed by atoms with Crippen molar-refractivity contribution in [2.75, 3.05) is 5.73 Å². The molecule has 1 aromatic carbocycles. The maximum absolute atomic E-state index is 13.4. The van der Waals surface area contributed by atoms with Crippen LogP contribution in [0.25, 0.3) is 0 Å². The van der Waals surface area contributed by atoms with Crippen molar-refractivity contribution in [2.24, 2.45) is 10.8 Å². The van der Waals surface area contributed by atoms with E-state index in [0.717, 1.165) is 53.8 Å². The number of carbonyl (C=O) groups is 2. The van der Waals surface area contributed by atoms with Crippen LogP contribution in [0.3, 0.4) is 0 Å². The molecule has 0 bridgehead atoms. The van der Waals surface area contributed by atoms with E-state index in [2.05, 4.69) is 5.32 Å². The highest BCUT2D eigenvalue weighted by Crippen LogP contribution is 2.51. The van der Waals surface area contributed by atoms with Crippen molar-refractivity contribution in [3.63, 3.8) is 0 Å². The minimum absolute atomic E-state index is 0.154. The Kier molecular flexibility index (Phi) is 3.88. The minimum atomic E-state index is -0.405. The van der Waals surface area contributed by atoms with E-state index < -0.39 is 10.8 Å². The van der Waals surface area contributed by atoms with Gasteiger partial charge in [-0.25, -0.2) is 0 Å². The average Bonchev–Trinajstić information content (AvgIpc) is 2.61. The SMILES string of the molecule is CC1(C)CCC2=C(C1=O)C(c1ccc(N)cc1)C1=C(CCC(C)(C)C1=O)N2. The quantitative estimate of drug-likeness (QED) is 0.731. The van der Waals surface area contributed by atoms with Gasteiger partial charge in [-0.1, -0.05) is 39.8 Å². The van der Waals surface area contributed by atoms with Crippen LogP contribution in [0.2, 0.25) is 0 Å². The highest BCUT2D eigenvalue weighted by molar-refractivity contribution is 6.09. The molecule has 142 valence electrons. The van der Waals surface area contributed by atoms with Crippen LogP contribution in [-0.2, 0) is 9.59 Å². The topological polar surface area (TPSA) is 72.2 Å². The van der Waals surface area contributed by atoms with Gasteiger partial charge in [0.25, 0.3) is 0 Å². The number of Topliss-reactive ketones (excluding diaryl/α,β-unsaturated/α-hetero) is 2. The van der Waals surface area contributed by atoms with Gasteiger partial charge in [0, 0.05) is 45.0 Å². The first-order valence-corrected chi connectivity index (χ1v) is 9.80. The van der Waals surface area contributed by atoms with Gasteiger partial charge in [-0.3, -0.25) is 9.59 Å². The summed E-state index contributed by atoms with van der Waals surface area (Å²) in [6, 6.07) is 7.64. The number of allylic oxidation sites excluding steroid dienone is 4. The van der Waals surface area contributed by atoms with Crippen LogP contribution >= 0.6 is 0 Å². The highest BCUT2D eigenvalue weighted by Gasteiger charge is 2.48. The summed E-state index contributed by atoms with van der Waals surface area (Å²) >= 11 is 0. The molecule has 1 heterocycles. The molecule has 0 spiro atoms. The van der Waals surface area contributed by atoms with Crippen molar-refractivity contribution in [1.82, 2.24) is 5.32 Å². The van der Waals surface area contributed by atoms with Gasteiger partial charge in [0.2, 0.25) is 0 Å². The fourth-order valence-electron chi connectivity index (χ4n) is 4.59. The molecule has 3 N–H and O–H groups in total. The van der Waals surface area contributed by atoms with Crippen LogP contribution in [0.4, 0.5) is 5.69 Å². The Morgan fingerprint density at radius 1 is 0.852 bits per heavy atom. The molecule has 0 amide bonds. The normalized spacial score (nSPS) is 24.4. The largest absolute Gasteiger partial charge is 0.399 e. The molecule has 0 fully saturated rings. The number of hydrogen-bond donors (Lipinski definition) is 2. The molecule has 0 radical (unpaired) electrons. The van der Waals surface area contributed by atoms with E-state index in [9.17, 15) is 9.59 Å². The molecule has 3 aliphatic rings. The number of hydrogen-bond acceptors (Lipinski definition) is 4. The van der Waals surface area contributed by atoms with Crippen molar-refractivity contribution in [3.05, 3.63) is 52.4 Å². The zero-order valence-electron chi connectivity index (χ0n) is 16.6. The van der Waals surface area contributed by atoms with E-state index in [1.54, 1.807) is 0 Å². The smallest absolute Gasteiger partial charge is 0.167 e. The van der Waals surface area contributed by atoms with Crippen molar-refractivity contribution in [3.8, 4) is 0 Å². The van der Waals surface area contributed by atoms with E-state index >= 15 is 0 Å².